The minimum atomic E-state index is -0.275. The summed E-state index contributed by atoms with van der Waals surface area (Å²) in [5.41, 5.74) is 0. The van der Waals surface area contributed by atoms with Crippen LogP contribution in [0.5, 0.6) is 0 Å². The van der Waals surface area contributed by atoms with Crippen LogP contribution in [0, 0.1) is 0 Å². The van der Waals surface area contributed by atoms with Crippen molar-refractivity contribution in [2.24, 2.45) is 0 Å². The Morgan fingerprint density at radius 2 is 2.05 bits per heavy atom. The van der Waals surface area contributed by atoms with Gasteiger partial charge in [0.05, 0.1) is 0 Å². The van der Waals surface area contributed by atoms with Crippen molar-refractivity contribution in [2.75, 3.05) is 6.61 Å². The summed E-state index contributed by atoms with van der Waals surface area (Å²) in [6.45, 7) is 2.18. The molecule has 19 heavy (non-hydrogen) atoms. The summed E-state index contributed by atoms with van der Waals surface area (Å²) in [6, 6.07) is 13.5. The molecule has 0 unspecified atom stereocenters. The molecule has 0 bridgehead atoms. The number of ether oxygens (including phenoxy) is 1. The fourth-order valence-corrected chi connectivity index (χ4v) is 3.26. The van der Waals surface area contributed by atoms with Gasteiger partial charge in [0.25, 0.3) is 0 Å². The summed E-state index contributed by atoms with van der Waals surface area (Å²) in [4.78, 5) is 12.0. The molecule has 0 spiro atoms. The van der Waals surface area contributed by atoms with E-state index in [0.29, 0.717) is 16.8 Å². The normalized spacial score (nSPS) is 11.3. The fourth-order valence-electron chi connectivity index (χ4n) is 1.45. The molecule has 0 aliphatic carbocycles. The van der Waals surface area contributed by atoms with Crippen LogP contribution in [0.3, 0.4) is 0 Å². The summed E-state index contributed by atoms with van der Waals surface area (Å²) < 4.78 is 12.1. The summed E-state index contributed by atoms with van der Waals surface area (Å²) >= 11 is -0.0969. The Bertz CT molecular complexity index is 544. The molecule has 0 fully saturated rings. The maximum absolute atomic E-state index is 12.0. The van der Waals surface area contributed by atoms with Crippen molar-refractivity contribution in [3.05, 3.63) is 59.0 Å². The Morgan fingerprint density at radius 3 is 2.68 bits per heavy atom. The van der Waals surface area contributed by atoms with E-state index in [4.69, 9.17) is 9.15 Å². The second-order valence-electron chi connectivity index (χ2n) is 3.66. The summed E-state index contributed by atoms with van der Waals surface area (Å²) in [7, 11) is 0. The monoisotopic (exact) mass is 322 g/mol. The standard InChI is InChI=1S/C15H14O3Se/c1-2-17-15(16)14(11-12-7-6-10-18-12)19-13-8-4-3-5-9-13/h3-11H,2H2,1H3/b14-11+. The van der Waals surface area contributed by atoms with Crippen LogP contribution in [-0.4, -0.2) is 27.5 Å². The Morgan fingerprint density at radius 1 is 1.26 bits per heavy atom. The number of hydrogen-bond donors (Lipinski definition) is 0. The Hall–Kier alpha value is -1.77. The number of furan rings is 1. The predicted octanol–water partition coefficient (Wildman–Crippen LogP) is 2.21. The van der Waals surface area contributed by atoms with Gasteiger partial charge in [-0.25, -0.2) is 0 Å². The van der Waals surface area contributed by atoms with E-state index in [0.717, 1.165) is 4.46 Å². The van der Waals surface area contributed by atoms with Gasteiger partial charge < -0.3 is 0 Å². The van der Waals surface area contributed by atoms with Gasteiger partial charge in [-0.3, -0.25) is 0 Å². The molecule has 0 aliphatic heterocycles. The van der Waals surface area contributed by atoms with Crippen LogP contribution in [0.2, 0.25) is 0 Å². The van der Waals surface area contributed by atoms with E-state index < -0.39 is 0 Å². The minimum absolute atomic E-state index is 0.0969. The number of rotatable bonds is 5. The zero-order valence-electron chi connectivity index (χ0n) is 10.5. The molecule has 2 aromatic rings. The van der Waals surface area contributed by atoms with Gasteiger partial charge in [-0.1, -0.05) is 0 Å². The molecule has 4 heteroatoms. The van der Waals surface area contributed by atoms with Crippen molar-refractivity contribution in [1.82, 2.24) is 0 Å². The van der Waals surface area contributed by atoms with Crippen molar-refractivity contribution in [1.29, 1.82) is 0 Å². The molecule has 0 radical (unpaired) electrons. The molecule has 1 heterocycles. The van der Waals surface area contributed by atoms with E-state index in [1.165, 1.54) is 0 Å². The van der Waals surface area contributed by atoms with Gasteiger partial charge in [0, 0.05) is 0 Å². The first kappa shape index (κ1) is 13.7. The molecule has 0 saturated heterocycles. The van der Waals surface area contributed by atoms with E-state index in [-0.39, 0.29) is 20.9 Å². The number of hydrogen-bond acceptors (Lipinski definition) is 3. The number of carbonyl (C=O) groups is 1. The molecular formula is C15H14O3Se. The molecule has 2 rings (SSSR count). The molecule has 0 amide bonds. The van der Waals surface area contributed by atoms with Crippen LogP contribution in [0.25, 0.3) is 6.08 Å². The molecule has 0 N–H and O–H groups in total. The fraction of sp³-hybridized carbons (Fsp3) is 0.133. The molecule has 3 nitrogen and oxygen atoms in total. The van der Waals surface area contributed by atoms with Crippen molar-refractivity contribution >= 4 is 31.5 Å². The maximum atomic E-state index is 12.0. The number of carbonyl (C=O) groups excluding carboxylic acids is 1. The number of benzene rings is 1. The summed E-state index contributed by atoms with van der Waals surface area (Å²) in [5, 5.41) is 0. The van der Waals surface area contributed by atoms with Gasteiger partial charge in [-0.05, 0) is 0 Å². The zero-order valence-corrected chi connectivity index (χ0v) is 12.2. The predicted molar refractivity (Wildman–Crippen MR) is 75.1 cm³/mol. The molecule has 1 aromatic carbocycles. The summed E-state index contributed by atoms with van der Waals surface area (Å²) in [5.74, 6) is 0.392. The SMILES string of the molecule is CCOC(=O)/C(=C\c1ccco1)[Se]c1ccccc1. The average molecular weight is 321 g/mol. The Balaban J connectivity index is 2.22. The van der Waals surface area contributed by atoms with Gasteiger partial charge >= 0.3 is 118 Å². The average Bonchev–Trinajstić information content (AvgIpc) is 2.92. The third-order valence-electron chi connectivity index (χ3n) is 2.26. The Kier molecular flexibility index (Phi) is 5.01. The summed E-state index contributed by atoms with van der Waals surface area (Å²) in [6.07, 6.45) is 3.34. The Labute approximate surface area is 118 Å². The van der Waals surface area contributed by atoms with Gasteiger partial charge in [0.2, 0.25) is 0 Å². The number of esters is 1. The molecule has 1 aromatic heterocycles. The molecular weight excluding hydrogens is 307 g/mol. The van der Waals surface area contributed by atoms with Gasteiger partial charge in [-0.2, -0.15) is 0 Å². The topological polar surface area (TPSA) is 39.4 Å². The first-order chi connectivity index (χ1) is 9.29. The van der Waals surface area contributed by atoms with E-state index >= 15 is 0 Å². The van der Waals surface area contributed by atoms with Crippen LogP contribution in [0.15, 0.2) is 57.6 Å². The van der Waals surface area contributed by atoms with Crippen molar-refractivity contribution < 1.29 is 13.9 Å². The molecule has 0 atom stereocenters. The van der Waals surface area contributed by atoms with Gasteiger partial charge in [0.15, 0.2) is 0 Å². The zero-order chi connectivity index (χ0) is 13.5. The van der Waals surface area contributed by atoms with E-state index in [1.54, 1.807) is 25.3 Å². The van der Waals surface area contributed by atoms with Gasteiger partial charge in [0.1, 0.15) is 0 Å². The van der Waals surface area contributed by atoms with Gasteiger partial charge in [-0.15, -0.1) is 0 Å². The second kappa shape index (κ2) is 6.98. The van der Waals surface area contributed by atoms with Crippen LogP contribution in [0.4, 0.5) is 0 Å². The molecule has 0 aliphatic rings. The van der Waals surface area contributed by atoms with Crippen molar-refractivity contribution in [2.45, 2.75) is 6.92 Å². The van der Waals surface area contributed by atoms with Crippen LogP contribution in [0.1, 0.15) is 12.7 Å². The second-order valence-corrected chi connectivity index (χ2v) is 6.00. The van der Waals surface area contributed by atoms with Crippen LogP contribution < -0.4 is 4.46 Å². The van der Waals surface area contributed by atoms with E-state index in [2.05, 4.69) is 0 Å². The quantitative estimate of drug-likeness (QED) is 0.482. The van der Waals surface area contributed by atoms with E-state index in [9.17, 15) is 4.79 Å². The first-order valence-corrected chi connectivity index (χ1v) is 7.66. The van der Waals surface area contributed by atoms with Crippen LogP contribution in [-0.2, 0) is 9.53 Å². The molecule has 98 valence electrons. The third-order valence-corrected chi connectivity index (χ3v) is 4.39. The van der Waals surface area contributed by atoms with Crippen molar-refractivity contribution in [3.8, 4) is 0 Å². The van der Waals surface area contributed by atoms with E-state index in [1.807, 2.05) is 36.4 Å². The molecule has 0 saturated carbocycles. The first-order valence-electron chi connectivity index (χ1n) is 5.95. The third kappa shape index (κ3) is 4.12. The van der Waals surface area contributed by atoms with Crippen molar-refractivity contribution in [3.63, 3.8) is 0 Å². The van der Waals surface area contributed by atoms with Crippen LogP contribution >= 0.6 is 0 Å².